The molecule has 1 saturated heterocycles. The van der Waals surface area contributed by atoms with E-state index in [1.54, 1.807) is 0 Å². The molecule has 0 aromatic carbocycles. The molecule has 1 aromatic rings. The van der Waals surface area contributed by atoms with E-state index in [1.165, 1.54) is 25.7 Å². The molecule has 1 N–H and O–H groups in total. The van der Waals surface area contributed by atoms with Gasteiger partial charge in [-0.3, -0.25) is 0 Å². The Balaban J connectivity index is 1.63. The van der Waals surface area contributed by atoms with Crippen molar-refractivity contribution in [1.82, 2.24) is 10.3 Å². The lowest BCUT2D eigenvalue weighted by atomic mass is 9.59. The molecule has 4 rings (SSSR count). The Hall–Kier alpha value is -1.35. The van der Waals surface area contributed by atoms with Gasteiger partial charge in [0.25, 0.3) is 0 Å². The Morgan fingerprint density at radius 1 is 1.12 bits per heavy atom. The van der Waals surface area contributed by atoms with Crippen molar-refractivity contribution in [2.75, 3.05) is 6.54 Å². The Labute approximate surface area is 145 Å². The summed E-state index contributed by atoms with van der Waals surface area (Å²) < 4.78 is 6.25. The number of fused-ring (bicyclic) bond motifs is 1. The second-order valence-electron chi connectivity index (χ2n) is 9.00. The number of nitrogens with zero attached hydrogens (tertiary/aromatic N) is 1. The molecule has 3 aliphatic rings. The van der Waals surface area contributed by atoms with E-state index in [9.17, 15) is 0 Å². The van der Waals surface area contributed by atoms with Crippen molar-refractivity contribution in [3.05, 3.63) is 29.5 Å². The van der Waals surface area contributed by atoms with E-state index in [0.29, 0.717) is 11.3 Å². The third kappa shape index (κ3) is 2.48. The van der Waals surface area contributed by atoms with Crippen LogP contribution in [0.1, 0.15) is 77.1 Å². The van der Waals surface area contributed by atoms with E-state index in [-0.39, 0.29) is 11.0 Å². The van der Waals surface area contributed by atoms with Gasteiger partial charge >= 0.3 is 0 Å². The molecule has 1 aliphatic heterocycles. The van der Waals surface area contributed by atoms with Crippen molar-refractivity contribution in [2.45, 2.75) is 65.3 Å². The van der Waals surface area contributed by atoms with Gasteiger partial charge < -0.3 is 9.73 Å². The monoisotopic (exact) mass is 326 g/mol. The topological polar surface area (TPSA) is 38.1 Å². The summed E-state index contributed by atoms with van der Waals surface area (Å²) in [5, 5.41) is 3.69. The molecule has 0 bridgehead atoms. The van der Waals surface area contributed by atoms with Crippen LogP contribution in [0, 0.1) is 16.7 Å². The Kier molecular flexibility index (Phi) is 3.58. The fraction of sp³-hybridized carbons (Fsp3) is 0.667. The average Bonchev–Trinajstić information content (AvgIpc) is 2.87. The lowest BCUT2D eigenvalue weighted by molar-refractivity contribution is 0.0196. The molecular formula is C21H30N2O. The second kappa shape index (κ2) is 5.32. The highest BCUT2D eigenvalue weighted by molar-refractivity contribution is 5.63. The molecule has 1 saturated carbocycles. The second-order valence-corrected chi connectivity index (χ2v) is 9.00. The largest absolute Gasteiger partial charge is 0.439 e. The molecule has 2 fully saturated rings. The molecule has 2 aliphatic carbocycles. The van der Waals surface area contributed by atoms with Crippen LogP contribution in [0.25, 0.3) is 12.2 Å². The first-order chi connectivity index (χ1) is 11.3. The number of hydrogen-bond donors (Lipinski definition) is 1. The van der Waals surface area contributed by atoms with Gasteiger partial charge in [-0.15, -0.1) is 0 Å². The van der Waals surface area contributed by atoms with Crippen molar-refractivity contribution in [3.8, 4) is 0 Å². The van der Waals surface area contributed by atoms with Crippen molar-refractivity contribution in [2.24, 2.45) is 16.7 Å². The van der Waals surface area contributed by atoms with Gasteiger partial charge in [0.15, 0.2) is 5.76 Å². The highest BCUT2D eigenvalue weighted by atomic mass is 16.4. The number of nitrogens with one attached hydrogen (secondary N) is 1. The van der Waals surface area contributed by atoms with Crippen LogP contribution in [-0.4, -0.2) is 11.5 Å². The first kappa shape index (κ1) is 16.1. The Morgan fingerprint density at radius 2 is 1.88 bits per heavy atom. The molecular weight excluding hydrogens is 296 g/mol. The molecule has 3 heteroatoms. The molecule has 0 amide bonds. The van der Waals surface area contributed by atoms with Gasteiger partial charge in [0, 0.05) is 5.41 Å². The van der Waals surface area contributed by atoms with E-state index in [4.69, 9.17) is 9.40 Å². The minimum Gasteiger partial charge on any atom is -0.439 e. The maximum absolute atomic E-state index is 6.25. The third-order valence-corrected chi connectivity index (χ3v) is 6.90. The van der Waals surface area contributed by atoms with E-state index in [2.05, 4.69) is 57.3 Å². The summed E-state index contributed by atoms with van der Waals surface area (Å²) in [5.74, 6) is 2.31. The highest BCUT2D eigenvalue weighted by Gasteiger charge is 2.48. The average molecular weight is 326 g/mol. The number of allylic oxidation sites excluding steroid dienone is 2. The SMILES string of the molecule is CC(C)C1(C)C=Cc2nc(C3(C)CC4(CCC4)CCN3)oc2C=C1. The van der Waals surface area contributed by atoms with Crippen LogP contribution in [0.2, 0.25) is 0 Å². The fourth-order valence-corrected chi connectivity index (χ4v) is 4.53. The highest BCUT2D eigenvalue weighted by Crippen LogP contribution is 2.53. The van der Waals surface area contributed by atoms with Crippen LogP contribution in [-0.2, 0) is 5.54 Å². The smallest absolute Gasteiger partial charge is 0.215 e. The lowest BCUT2D eigenvalue weighted by Gasteiger charge is -2.51. The summed E-state index contributed by atoms with van der Waals surface area (Å²) in [5.41, 5.74) is 1.44. The van der Waals surface area contributed by atoms with Crippen LogP contribution in [0.4, 0.5) is 0 Å². The first-order valence-corrected chi connectivity index (χ1v) is 9.49. The molecule has 3 nitrogen and oxygen atoms in total. The Morgan fingerprint density at radius 3 is 2.54 bits per heavy atom. The standard InChI is InChI=1S/C21H30N2O/c1-15(2)19(3)10-6-16-17(7-11-19)24-18(23-16)20(4)14-21(8-5-9-21)12-13-22-20/h6-7,10-11,15,22H,5,8-9,12-14H2,1-4H3. The quantitative estimate of drug-likeness (QED) is 0.817. The summed E-state index contributed by atoms with van der Waals surface area (Å²) in [4.78, 5) is 4.89. The molecule has 1 spiro atoms. The number of piperidine rings is 1. The van der Waals surface area contributed by atoms with Crippen molar-refractivity contribution in [3.63, 3.8) is 0 Å². The van der Waals surface area contributed by atoms with Crippen LogP contribution < -0.4 is 5.32 Å². The van der Waals surface area contributed by atoms with Crippen LogP contribution in [0.5, 0.6) is 0 Å². The van der Waals surface area contributed by atoms with Crippen LogP contribution >= 0.6 is 0 Å². The molecule has 0 radical (unpaired) electrons. The molecule has 1 aromatic heterocycles. The van der Waals surface area contributed by atoms with Gasteiger partial charge in [-0.2, -0.15) is 0 Å². The van der Waals surface area contributed by atoms with E-state index in [0.717, 1.165) is 30.3 Å². The minimum atomic E-state index is -0.131. The number of rotatable bonds is 2. The number of aromatic nitrogens is 1. The van der Waals surface area contributed by atoms with Gasteiger partial charge in [0.2, 0.25) is 5.89 Å². The van der Waals surface area contributed by atoms with Gasteiger partial charge in [0.1, 0.15) is 5.69 Å². The zero-order chi connectivity index (χ0) is 17.0. The maximum Gasteiger partial charge on any atom is 0.215 e. The predicted octanol–water partition coefficient (Wildman–Crippen LogP) is 5.15. The van der Waals surface area contributed by atoms with Gasteiger partial charge in [-0.05, 0) is 62.6 Å². The van der Waals surface area contributed by atoms with Gasteiger partial charge in [-0.25, -0.2) is 4.98 Å². The minimum absolute atomic E-state index is 0.0619. The van der Waals surface area contributed by atoms with Gasteiger partial charge in [0.05, 0.1) is 5.54 Å². The van der Waals surface area contributed by atoms with Crippen LogP contribution in [0.3, 0.4) is 0 Å². The van der Waals surface area contributed by atoms with E-state index >= 15 is 0 Å². The number of hydrogen-bond acceptors (Lipinski definition) is 3. The maximum atomic E-state index is 6.25. The summed E-state index contributed by atoms with van der Waals surface area (Å²) in [6.45, 7) is 10.1. The lowest BCUT2D eigenvalue weighted by Crippen LogP contribution is -2.53. The van der Waals surface area contributed by atoms with Crippen LogP contribution in [0.15, 0.2) is 16.6 Å². The molecule has 2 unspecified atom stereocenters. The van der Waals surface area contributed by atoms with Gasteiger partial charge in [-0.1, -0.05) is 39.3 Å². The zero-order valence-corrected chi connectivity index (χ0v) is 15.5. The fourth-order valence-electron chi connectivity index (χ4n) is 4.53. The summed E-state index contributed by atoms with van der Waals surface area (Å²) >= 11 is 0. The van der Waals surface area contributed by atoms with Crippen molar-refractivity contribution >= 4 is 12.2 Å². The predicted molar refractivity (Wildman–Crippen MR) is 98.4 cm³/mol. The number of oxazole rings is 1. The zero-order valence-electron chi connectivity index (χ0n) is 15.5. The first-order valence-electron chi connectivity index (χ1n) is 9.49. The normalized spacial score (nSPS) is 34.2. The van der Waals surface area contributed by atoms with E-state index in [1.807, 2.05) is 0 Å². The summed E-state index contributed by atoms with van der Waals surface area (Å²) in [6.07, 6.45) is 15.4. The van der Waals surface area contributed by atoms with Crippen molar-refractivity contribution in [1.29, 1.82) is 0 Å². The molecule has 130 valence electrons. The Bertz CT molecular complexity index is 661. The molecule has 2 heterocycles. The van der Waals surface area contributed by atoms with E-state index < -0.39 is 0 Å². The molecule has 2 atom stereocenters. The van der Waals surface area contributed by atoms with Crippen molar-refractivity contribution < 1.29 is 4.42 Å². The molecule has 24 heavy (non-hydrogen) atoms. The summed E-state index contributed by atoms with van der Waals surface area (Å²) in [6, 6.07) is 0. The third-order valence-electron chi connectivity index (χ3n) is 6.90. The summed E-state index contributed by atoms with van der Waals surface area (Å²) in [7, 11) is 0.